The van der Waals surface area contributed by atoms with Crippen LogP contribution in [0.3, 0.4) is 0 Å². The van der Waals surface area contributed by atoms with E-state index in [0.717, 1.165) is 12.8 Å². The largest absolute Gasteiger partial charge is 0.390 e. The minimum absolute atomic E-state index is 0.0537. The first-order chi connectivity index (χ1) is 18.1. The molecule has 3 aromatic rings. The molecule has 12 nitrogen and oxygen atoms in total. The molecule has 3 N–H and O–H groups in total. The van der Waals surface area contributed by atoms with Gasteiger partial charge in [-0.1, -0.05) is 11.6 Å². The molecule has 1 amide bonds. The summed E-state index contributed by atoms with van der Waals surface area (Å²) in [6.45, 7) is 5.21. The van der Waals surface area contributed by atoms with E-state index < -0.39 is 5.60 Å². The third-order valence-corrected chi connectivity index (χ3v) is 6.78. The van der Waals surface area contributed by atoms with Crippen molar-refractivity contribution >= 4 is 46.3 Å². The number of fused-ring (bicyclic) bond motifs is 1. The molecule has 38 heavy (non-hydrogen) atoms. The van der Waals surface area contributed by atoms with E-state index >= 15 is 0 Å². The number of nitriles is 2. The predicted octanol–water partition coefficient (Wildman–Crippen LogP) is 2.65. The second kappa shape index (κ2) is 9.97. The number of nitrogens with zero attached hydrogens (tertiary/aromatic N) is 8. The van der Waals surface area contributed by atoms with Gasteiger partial charge in [0, 0.05) is 32.2 Å². The van der Waals surface area contributed by atoms with Crippen LogP contribution in [0.25, 0.3) is 5.65 Å². The molecule has 0 spiro atoms. The normalized spacial score (nSPS) is 15.7. The summed E-state index contributed by atoms with van der Waals surface area (Å²) >= 11 is 6.83. The number of carbonyl (C=O) groups is 1. The molecule has 0 radical (unpaired) electrons. The van der Waals surface area contributed by atoms with Crippen LogP contribution in [0.5, 0.6) is 0 Å². The number of piperazine rings is 1. The molecule has 5 rings (SSSR count). The second-order valence-electron chi connectivity index (χ2n) is 10.1. The number of hydrogen-bond donors (Lipinski definition) is 3. The van der Waals surface area contributed by atoms with E-state index in [4.69, 9.17) is 11.6 Å². The number of rotatable bonds is 7. The minimum atomic E-state index is -1.07. The highest BCUT2D eigenvalue weighted by Crippen LogP contribution is 2.37. The number of aliphatic hydroxyl groups is 1. The van der Waals surface area contributed by atoms with E-state index in [9.17, 15) is 20.4 Å². The zero-order chi connectivity index (χ0) is 27.0. The number of amides is 1. The van der Waals surface area contributed by atoms with Gasteiger partial charge in [-0.25, -0.2) is 4.98 Å². The van der Waals surface area contributed by atoms with Gasteiger partial charge in [0.15, 0.2) is 17.2 Å². The summed E-state index contributed by atoms with van der Waals surface area (Å²) in [5.74, 6) is 0.599. The maximum atomic E-state index is 12.5. The molecule has 3 heterocycles. The van der Waals surface area contributed by atoms with Crippen LogP contribution in [-0.2, 0) is 4.79 Å². The van der Waals surface area contributed by atoms with Crippen LogP contribution in [0, 0.1) is 22.7 Å². The number of halogens is 1. The van der Waals surface area contributed by atoms with Crippen LogP contribution >= 0.6 is 11.6 Å². The highest BCUT2D eigenvalue weighted by atomic mass is 35.5. The average molecular weight is 535 g/mol. The fourth-order valence-electron chi connectivity index (χ4n) is 4.32. The van der Waals surface area contributed by atoms with Gasteiger partial charge < -0.3 is 25.5 Å². The molecular formula is C25H27ClN10O2. The van der Waals surface area contributed by atoms with Gasteiger partial charge >= 0.3 is 0 Å². The van der Waals surface area contributed by atoms with Crippen LogP contribution in [-0.4, -0.2) is 73.3 Å². The van der Waals surface area contributed by atoms with E-state index in [0.29, 0.717) is 65.6 Å². The Kier molecular flexibility index (Phi) is 6.69. The number of imidazole rings is 1. The van der Waals surface area contributed by atoms with E-state index in [1.54, 1.807) is 30.9 Å². The first-order valence-corrected chi connectivity index (χ1v) is 12.7. The Morgan fingerprint density at radius 3 is 2.58 bits per heavy atom. The zero-order valence-corrected chi connectivity index (χ0v) is 21.8. The van der Waals surface area contributed by atoms with Crippen LogP contribution in [0.1, 0.15) is 44.4 Å². The van der Waals surface area contributed by atoms with Crippen LogP contribution in [0.2, 0.25) is 5.02 Å². The fraction of sp³-hybridized carbons (Fsp3) is 0.440. The third-order valence-electron chi connectivity index (χ3n) is 6.38. The van der Waals surface area contributed by atoms with Crippen molar-refractivity contribution in [1.82, 2.24) is 24.5 Å². The van der Waals surface area contributed by atoms with Crippen LogP contribution in [0.15, 0.2) is 18.3 Å². The van der Waals surface area contributed by atoms with Gasteiger partial charge in [0.1, 0.15) is 6.07 Å². The predicted molar refractivity (Wildman–Crippen MR) is 141 cm³/mol. The number of aromatic nitrogens is 4. The summed E-state index contributed by atoms with van der Waals surface area (Å²) in [4.78, 5) is 25.1. The van der Waals surface area contributed by atoms with Crippen molar-refractivity contribution in [2.75, 3.05) is 41.7 Å². The van der Waals surface area contributed by atoms with Crippen molar-refractivity contribution in [2.45, 2.75) is 44.8 Å². The maximum Gasteiger partial charge on any atom is 0.247 e. The van der Waals surface area contributed by atoms with Crippen molar-refractivity contribution in [3.8, 4) is 12.1 Å². The molecule has 0 bridgehead atoms. The number of carbonyl (C=O) groups excluding carboxylic acids is 1. The van der Waals surface area contributed by atoms with Gasteiger partial charge in [-0.2, -0.15) is 20.0 Å². The van der Waals surface area contributed by atoms with E-state index in [1.807, 2.05) is 4.90 Å². The molecule has 1 aliphatic carbocycles. The quantitative estimate of drug-likeness (QED) is 0.411. The number of nitrogens with one attached hydrogen (secondary N) is 2. The monoisotopic (exact) mass is 534 g/mol. The molecule has 2 fully saturated rings. The second-order valence-corrected chi connectivity index (χ2v) is 10.5. The van der Waals surface area contributed by atoms with E-state index in [2.05, 4.69) is 37.8 Å². The van der Waals surface area contributed by atoms with E-state index in [1.165, 1.54) is 10.7 Å². The van der Waals surface area contributed by atoms with Crippen molar-refractivity contribution in [2.24, 2.45) is 0 Å². The minimum Gasteiger partial charge on any atom is -0.390 e. The number of hydrogen-bond acceptors (Lipinski definition) is 10. The van der Waals surface area contributed by atoms with Crippen LogP contribution < -0.4 is 15.5 Å². The summed E-state index contributed by atoms with van der Waals surface area (Å²) in [5, 5.41) is 40.4. The van der Waals surface area contributed by atoms with Gasteiger partial charge in [-0.3, -0.25) is 4.79 Å². The Bertz CT molecular complexity index is 1470. The average Bonchev–Trinajstić information content (AvgIpc) is 3.60. The lowest BCUT2D eigenvalue weighted by Gasteiger charge is -2.37. The highest BCUT2D eigenvalue weighted by Gasteiger charge is 2.28. The SMILES string of the molecule is CC(C)(O)CC(=O)N1CCN(c2cc(C#N)cc(Nc3nc(NC4CC4)c4ncc(C#N)n4n3)c2Cl)CC1. The Morgan fingerprint density at radius 2 is 1.95 bits per heavy atom. The number of benzene rings is 1. The highest BCUT2D eigenvalue weighted by molar-refractivity contribution is 6.36. The molecule has 0 atom stereocenters. The molecule has 196 valence electrons. The Balaban J connectivity index is 1.41. The van der Waals surface area contributed by atoms with Crippen molar-refractivity contribution < 1.29 is 9.90 Å². The van der Waals surface area contributed by atoms with Gasteiger partial charge in [-0.05, 0) is 38.8 Å². The molecule has 2 aliphatic rings. The van der Waals surface area contributed by atoms with Crippen molar-refractivity contribution in [3.63, 3.8) is 0 Å². The number of anilines is 4. The zero-order valence-electron chi connectivity index (χ0n) is 21.1. The van der Waals surface area contributed by atoms with Gasteiger partial charge in [0.05, 0.1) is 46.2 Å². The molecule has 13 heteroatoms. The van der Waals surface area contributed by atoms with Crippen molar-refractivity contribution in [1.29, 1.82) is 10.5 Å². The molecule has 1 saturated heterocycles. The summed E-state index contributed by atoms with van der Waals surface area (Å²) in [5.41, 5.74) is 1.14. The smallest absolute Gasteiger partial charge is 0.247 e. The van der Waals surface area contributed by atoms with E-state index in [-0.39, 0.29) is 24.0 Å². The fourth-order valence-corrected chi connectivity index (χ4v) is 4.60. The first kappa shape index (κ1) is 25.5. The molecule has 1 aliphatic heterocycles. The third kappa shape index (κ3) is 5.42. The maximum absolute atomic E-state index is 12.5. The molecule has 1 aromatic carbocycles. The Hall–Kier alpha value is -4.13. The lowest BCUT2D eigenvalue weighted by atomic mass is 10.0. The summed E-state index contributed by atoms with van der Waals surface area (Å²) in [6.07, 6.45) is 3.55. The summed E-state index contributed by atoms with van der Waals surface area (Å²) in [6, 6.07) is 7.89. The lowest BCUT2D eigenvalue weighted by molar-refractivity contribution is -0.135. The Morgan fingerprint density at radius 1 is 1.21 bits per heavy atom. The Labute approximate surface area is 224 Å². The molecular weight excluding hydrogens is 508 g/mol. The lowest BCUT2D eigenvalue weighted by Crippen LogP contribution is -2.50. The van der Waals surface area contributed by atoms with Crippen LogP contribution in [0.4, 0.5) is 23.1 Å². The van der Waals surface area contributed by atoms with Gasteiger partial charge in [0.2, 0.25) is 11.9 Å². The molecule has 0 unspecified atom stereocenters. The molecule has 2 aromatic heterocycles. The summed E-state index contributed by atoms with van der Waals surface area (Å²) in [7, 11) is 0. The summed E-state index contributed by atoms with van der Waals surface area (Å²) < 4.78 is 1.42. The van der Waals surface area contributed by atoms with Gasteiger partial charge in [0.25, 0.3) is 0 Å². The van der Waals surface area contributed by atoms with Gasteiger partial charge in [-0.15, -0.1) is 5.10 Å². The standard InChI is InChI=1S/C25H27ClN10O2/c1-25(2,38)11-20(37)35-7-5-34(6-8-35)19-10-15(12-27)9-18(21(19)26)31-24-32-22(30-16-3-4-16)23-29-14-17(13-28)36(23)33-24/h9-10,14,16,38H,3-8,11H2,1-2H3,(H2,30,31,32,33). The van der Waals surface area contributed by atoms with Crippen molar-refractivity contribution in [3.05, 3.63) is 34.6 Å². The molecule has 1 saturated carbocycles. The topological polar surface area (TPSA) is 158 Å². The first-order valence-electron chi connectivity index (χ1n) is 12.3.